The lowest BCUT2D eigenvalue weighted by atomic mass is 10.3. The summed E-state index contributed by atoms with van der Waals surface area (Å²) in [4.78, 5) is 0.264. The first-order chi connectivity index (χ1) is 7.93. The summed E-state index contributed by atoms with van der Waals surface area (Å²) in [5.74, 6) is 0. The maximum Gasteiger partial charge on any atom is 0.243 e. The van der Waals surface area contributed by atoms with Crippen LogP contribution in [0.5, 0.6) is 0 Å². The van der Waals surface area contributed by atoms with Gasteiger partial charge in [0.2, 0.25) is 10.0 Å². The Morgan fingerprint density at radius 2 is 2.00 bits per heavy atom. The average Bonchev–Trinajstić information content (AvgIpc) is 2.29. The summed E-state index contributed by atoms with van der Waals surface area (Å²) in [6.45, 7) is 6.19. The molecule has 0 fully saturated rings. The molecular weight excluding hydrogens is 236 g/mol. The van der Waals surface area contributed by atoms with Crippen molar-refractivity contribution in [3.8, 4) is 0 Å². The van der Waals surface area contributed by atoms with Crippen LogP contribution < -0.4 is 5.73 Å². The number of sulfonamides is 1. The molecule has 1 aromatic carbocycles. The van der Waals surface area contributed by atoms with Crippen molar-refractivity contribution in [1.29, 1.82) is 0 Å². The van der Waals surface area contributed by atoms with Crippen molar-refractivity contribution in [1.82, 2.24) is 4.31 Å². The fraction of sp³-hybridized carbons (Fsp3) is 0.500. The lowest BCUT2D eigenvalue weighted by molar-refractivity contribution is 0.342. The highest BCUT2D eigenvalue weighted by molar-refractivity contribution is 7.89. The van der Waals surface area contributed by atoms with E-state index in [0.717, 1.165) is 6.42 Å². The third-order valence-corrected chi connectivity index (χ3v) is 4.94. The zero-order chi connectivity index (χ0) is 13.1. The Morgan fingerprint density at radius 3 is 2.47 bits per heavy atom. The molecule has 1 unspecified atom stereocenters. The highest BCUT2D eigenvalue weighted by Gasteiger charge is 2.26. The molecule has 0 saturated carbocycles. The van der Waals surface area contributed by atoms with E-state index in [9.17, 15) is 8.42 Å². The summed E-state index contributed by atoms with van der Waals surface area (Å²) in [6, 6.07) is 6.41. The minimum Gasteiger partial charge on any atom is -0.399 e. The van der Waals surface area contributed by atoms with Gasteiger partial charge in [0.15, 0.2) is 0 Å². The second kappa shape index (κ2) is 5.51. The molecule has 0 aromatic heterocycles. The molecule has 4 nitrogen and oxygen atoms in total. The van der Waals surface area contributed by atoms with Gasteiger partial charge >= 0.3 is 0 Å². The van der Waals surface area contributed by atoms with Crippen molar-refractivity contribution in [2.24, 2.45) is 0 Å². The standard InChI is InChI=1S/C12H20N2O2S/c1-4-10(3)14(5-2)17(15,16)12-8-6-7-11(13)9-12/h6-10H,4-5,13H2,1-3H3. The predicted molar refractivity (Wildman–Crippen MR) is 70.2 cm³/mol. The first-order valence-corrected chi connectivity index (χ1v) is 7.24. The van der Waals surface area contributed by atoms with Gasteiger partial charge in [0, 0.05) is 18.3 Å². The predicted octanol–water partition coefficient (Wildman–Crippen LogP) is 2.08. The van der Waals surface area contributed by atoms with Crippen LogP contribution in [0.4, 0.5) is 5.69 Å². The number of benzene rings is 1. The van der Waals surface area contributed by atoms with Crippen molar-refractivity contribution in [2.45, 2.75) is 38.1 Å². The number of anilines is 1. The molecular formula is C12H20N2O2S. The average molecular weight is 256 g/mol. The smallest absolute Gasteiger partial charge is 0.243 e. The van der Waals surface area contributed by atoms with E-state index >= 15 is 0 Å². The zero-order valence-electron chi connectivity index (χ0n) is 10.6. The number of nitrogens with zero attached hydrogens (tertiary/aromatic N) is 1. The number of hydrogen-bond donors (Lipinski definition) is 1. The van der Waals surface area contributed by atoms with Crippen LogP contribution in [0.15, 0.2) is 29.2 Å². The van der Waals surface area contributed by atoms with Crippen LogP contribution >= 0.6 is 0 Å². The van der Waals surface area contributed by atoms with Crippen LogP contribution in [0.25, 0.3) is 0 Å². The van der Waals surface area contributed by atoms with E-state index in [-0.39, 0.29) is 10.9 Å². The number of hydrogen-bond acceptors (Lipinski definition) is 3. The van der Waals surface area contributed by atoms with E-state index in [2.05, 4.69) is 0 Å². The second-order valence-electron chi connectivity index (χ2n) is 4.04. The van der Waals surface area contributed by atoms with Crippen LogP contribution in [0.3, 0.4) is 0 Å². The van der Waals surface area contributed by atoms with Crippen molar-refractivity contribution < 1.29 is 8.42 Å². The molecule has 0 bridgehead atoms. The highest BCUT2D eigenvalue weighted by Crippen LogP contribution is 2.20. The zero-order valence-corrected chi connectivity index (χ0v) is 11.4. The van der Waals surface area contributed by atoms with Gasteiger partial charge in [-0.15, -0.1) is 0 Å². The molecule has 0 aliphatic carbocycles. The summed E-state index contributed by atoms with van der Waals surface area (Å²) >= 11 is 0. The van der Waals surface area contributed by atoms with Crippen molar-refractivity contribution in [3.63, 3.8) is 0 Å². The third kappa shape index (κ3) is 2.98. The van der Waals surface area contributed by atoms with Crippen LogP contribution in [0.2, 0.25) is 0 Å². The van der Waals surface area contributed by atoms with Crippen molar-refractivity contribution in [3.05, 3.63) is 24.3 Å². The SMILES string of the molecule is CCC(C)N(CC)S(=O)(=O)c1cccc(N)c1. The summed E-state index contributed by atoms with van der Waals surface area (Å²) in [5.41, 5.74) is 6.09. The van der Waals surface area contributed by atoms with Crippen molar-refractivity contribution in [2.75, 3.05) is 12.3 Å². The van der Waals surface area contributed by atoms with Crippen LogP contribution in [0.1, 0.15) is 27.2 Å². The molecule has 2 N–H and O–H groups in total. The number of rotatable bonds is 5. The molecule has 17 heavy (non-hydrogen) atoms. The quantitative estimate of drug-likeness (QED) is 0.820. The fourth-order valence-corrected chi connectivity index (χ4v) is 3.50. The molecule has 1 atom stereocenters. The Balaban J connectivity index is 3.17. The van der Waals surface area contributed by atoms with E-state index in [4.69, 9.17) is 5.73 Å². The lowest BCUT2D eigenvalue weighted by Gasteiger charge is -2.26. The van der Waals surface area contributed by atoms with Gasteiger partial charge in [0.05, 0.1) is 4.90 Å². The van der Waals surface area contributed by atoms with E-state index in [1.54, 1.807) is 18.2 Å². The Labute approximate surface area is 103 Å². The van der Waals surface area contributed by atoms with Crippen LogP contribution in [0, 0.1) is 0 Å². The molecule has 0 heterocycles. The maximum atomic E-state index is 12.4. The molecule has 1 rings (SSSR count). The monoisotopic (exact) mass is 256 g/mol. The van der Waals surface area contributed by atoms with Gasteiger partial charge in [-0.05, 0) is 31.5 Å². The third-order valence-electron chi connectivity index (χ3n) is 2.86. The summed E-state index contributed by atoms with van der Waals surface area (Å²) in [6.07, 6.45) is 0.787. The minimum absolute atomic E-state index is 0.00793. The van der Waals surface area contributed by atoms with Gasteiger partial charge < -0.3 is 5.73 Å². The van der Waals surface area contributed by atoms with Gasteiger partial charge in [-0.1, -0.05) is 19.9 Å². The molecule has 1 aromatic rings. The summed E-state index contributed by atoms with van der Waals surface area (Å²) in [5, 5.41) is 0. The summed E-state index contributed by atoms with van der Waals surface area (Å²) in [7, 11) is -3.43. The first-order valence-electron chi connectivity index (χ1n) is 5.80. The molecule has 0 saturated heterocycles. The van der Waals surface area contributed by atoms with Gasteiger partial charge in [-0.2, -0.15) is 4.31 Å². The second-order valence-corrected chi connectivity index (χ2v) is 5.93. The van der Waals surface area contributed by atoms with Crippen molar-refractivity contribution >= 4 is 15.7 Å². The van der Waals surface area contributed by atoms with E-state index in [0.29, 0.717) is 12.2 Å². The highest BCUT2D eigenvalue weighted by atomic mass is 32.2. The Morgan fingerprint density at radius 1 is 1.35 bits per heavy atom. The minimum atomic E-state index is -3.43. The summed E-state index contributed by atoms with van der Waals surface area (Å²) < 4.78 is 26.3. The molecule has 0 aliphatic heterocycles. The maximum absolute atomic E-state index is 12.4. The molecule has 96 valence electrons. The van der Waals surface area contributed by atoms with Gasteiger partial charge in [-0.25, -0.2) is 8.42 Å². The molecule has 0 amide bonds. The largest absolute Gasteiger partial charge is 0.399 e. The van der Waals surface area contributed by atoms with Crippen LogP contribution in [-0.2, 0) is 10.0 Å². The van der Waals surface area contributed by atoms with Gasteiger partial charge in [0.1, 0.15) is 0 Å². The van der Waals surface area contributed by atoms with Crippen LogP contribution in [-0.4, -0.2) is 25.3 Å². The Bertz CT molecular complexity index is 471. The molecule has 5 heteroatoms. The Kier molecular flexibility index (Phi) is 4.54. The van der Waals surface area contributed by atoms with Gasteiger partial charge in [-0.3, -0.25) is 0 Å². The number of nitrogens with two attached hydrogens (primary N) is 1. The molecule has 0 spiro atoms. The molecule has 0 aliphatic rings. The number of nitrogen functional groups attached to an aromatic ring is 1. The van der Waals surface area contributed by atoms with E-state index in [1.807, 2.05) is 20.8 Å². The van der Waals surface area contributed by atoms with E-state index < -0.39 is 10.0 Å². The van der Waals surface area contributed by atoms with E-state index in [1.165, 1.54) is 10.4 Å². The van der Waals surface area contributed by atoms with Gasteiger partial charge in [0.25, 0.3) is 0 Å². The molecule has 0 radical (unpaired) electrons. The topological polar surface area (TPSA) is 63.4 Å². The lowest BCUT2D eigenvalue weighted by Crippen LogP contribution is -2.38. The Hall–Kier alpha value is -1.07. The normalized spacial score (nSPS) is 13.9. The fourth-order valence-electron chi connectivity index (χ4n) is 1.73. The first kappa shape index (κ1) is 14.0.